The SMILES string of the molecule is CN(C)c1cc(F)c2cc(N)ccc2c1F. The van der Waals surface area contributed by atoms with Gasteiger partial charge in [0.15, 0.2) is 5.82 Å². The predicted octanol–water partition coefficient (Wildman–Crippen LogP) is 2.77. The van der Waals surface area contributed by atoms with Crippen LogP contribution in [0.2, 0.25) is 0 Å². The van der Waals surface area contributed by atoms with Crippen molar-refractivity contribution >= 4 is 22.1 Å². The molecular formula is C12H12F2N2. The van der Waals surface area contributed by atoms with E-state index in [0.717, 1.165) is 0 Å². The van der Waals surface area contributed by atoms with Crippen molar-refractivity contribution in [3.8, 4) is 0 Å². The Morgan fingerprint density at radius 1 is 1.06 bits per heavy atom. The number of anilines is 2. The van der Waals surface area contributed by atoms with Crippen LogP contribution >= 0.6 is 0 Å². The molecule has 2 nitrogen and oxygen atoms in total. The average molecular weight is 222 g/mol. The summed E-state index contributed by atoms with van der Waals surface area (Å²) < 4.78 is 27.7. The minimum atomic E-state index is -0.465. The lowest BCUT2D eigenvalue weighted by molar-refractivity contribution is 0.616. The van der Waals surface area contributed by atoms with Gasteiger partial charge in [-0.15, -0.1) is 0 Å². The highest BCUT2D eigenvalue weighted by Gasteiger charge is 2.13. The maximum Gasteiger partial charge on any atom is 0.154 e. The molecule has 0 saturated carbocycles. The predicted molar refractivity (Wildman–Crippen MR) is 62.6 cm³/mol. The monoisotopic (exact) mass is 222 g/mol. The van der Waals surface area contributed by atoms with Gasteiger partial charge in [0.1, 0.15) is 5.82 Å². The van der Waals surface area contributed by atoms with Crippen molar-refractivity contribution in [1.82, 2.24) is 0 Å². The molecule has 16 heavy (non-hydrogen) atoms. The van der Waals surface area contributed by atoms with Crippen LogP contribution in [-0.2, 0) is 0 Å². The number of nitrogens with two attached hydrogens (primary N) is 1. The van der Waals surface area contributed by atoms with Gasteiger partial charge in [-0.2, -0.15) is 0 Å². The molecule has 2 aromatic rings. The first-order chi connectivity index (χ1) is 7.50. The molecule has 0 atom stereocenters. The molecule has 0 heterocycles. The van der Waals surface area contributed by atoms with E-state index in [4.69, 9.17) is 5.73 Å². The number of hydrogen-bond acceptors (Lipinski definition) is 2. The van der Waals surface area contributed by atoms with Crippen molar-refractivity contribution in [1.29, 1.82) is 0 Å². The fourth-order valence-electron chi connectivity index (χ4n) is 1.68. The quantitative estimate of drug-likeness (QED) is 0.752. The second kappa shape index (κ2) is 3.63. The Balaban J connectivity index is 2.84. The molecule has 0 bridgehead atoms. The van der Waals surface area contributed by atoms with Gasteiger partial charge in [-0.1, -0.05) is 0 Å². The topological polar surface area (TPSA) is 29.3 Å². The lowest BCUT2D eigenvalue weighted by atomic mass is 10.1. The fraction of sp³-hybridized carbons (Fsp3) is 0.167. The van der Waals surface area contributed by atoms with E-state index in [1.165, 1.54) is 23.1 Å². The standard InChI is InChI=1S/C12H12F2N2/c1-16(2)11-6-10(13)9-5-7(15)3-4-8(9)12(11)14/h3-6H,15H2,1-2H3. The summed E-state index contributed by atoms with van der Waals surface area (Å²) in [5.74, 6) is -0.895. The minimum Gasteiger partial charge on any atom is -0.399 e. The van der Waals surface area contributed by atoms with E-state index in [1.807, 2.05) is 0 Å². The summed E-state index contributed by atoms with van der Waals surface area (Å²) in [6.07, 6.45) is 0. The summed E-state index contributed by atoms with van der Waals surface area (Å²) in [4.78, 5) is 1.54. The van der Waals surface area contributed by atoms with E-state index in [2.05, 4.69) is 0 Å². The van der Waals surface area contributed by atoms with Crippen LogP contribution in [0.1, 0.15) is 0 Å². The van der Waals surface area contributed by atoms with Gasteiger partial charge in [-0.3, -0.25) is 0 Å². The van der Waals surface area contributed by atoms with Crippen molar-refractivity contribution in [2.45, 2.75) is 0 Å². The molecule has 4 heteroatoms. The van der Waals surface area contributed by atoms with Gasteiger partial charge in [0.05, 0.1) is 5.69 Å². The molecule has 2 rings (SSSR count). The van der Waals surface area contributed by atoms with Gasteiger partial charge in [0.2, 0.25) is 0 Å². The summed E-state index contributed by atoms with van der Waals surface area (Å²) >= 11 is 0. The number of nitrogens with zero attached hydrogens (tertiary/aromatic N) is 1. The molecule has 0 unspecified atom stereocenters. The first-order valence-electron chi connectivity index (χ1n) is 4.85. The average Bonchev–Trinajstić information content (AvgIpc) is 2.22. The van der Waals surface area contributed by atoms with Crippen LogP contribution < -0.4 is 10.6 Å². The van der Waals surface area contributed by atoms with Gasteiger partial charge in [-0.25, -0.2) is 8.78 Å². The highest BCUT2D eigenvalue weighted by Crippen LogP contribution is 2.30. The molecule has 0 fully saturated rings. The Hall–Kier alpha value is -1.84. The molecule has 0 aliphatic heterocycles. The molecule has 2 aromatic carbocycles. The number of rotatable bonds is 1. The fourth-order valence-corrected chi connectivity index (χ4v) is 1.68. The molecule has 0 radical (unpaired) electrons. The zero-order valence-electron chi connectivity index (χ0n) is 9.09. The van der Waals surface area contributed by atoms with Gasteiger partial charge in [0.25, 0.3) is 0 Å². The zero-order valence-corrected chi connectivity index (χ0v) is 9.09. The van der Waals surface area contributed by atoms with Crippen LogP contribution in [0.5, 0.6) is 0 Å². The normalized spacial score (nSPS) is 10.8. The lowest BCUT2D eigenvalue weighted by Gasteiger charge is -2.15. The van der Waals surface area contributed by atoms with Crippen LogP contribution in [0.15, 0.2) is 24.3 Å². The Bertz CT molecular complexity index is 550. The second-order valence-electron chi connectivity index (χ2n) is 3.89. The number of benzene rings is 2. The number of nitrogen functional groups attached to an aromatic ring is 1. The van der Waals surface area contributed by atoms with Crippen molar-refractivity contribution < 1.29 is 8.78 Å². The highest BCUT2D eigenvalue weighted by molar-refractivity contribution is 5.89. The summed E-state index contributed by atoms with van der Waals surface area (Å²) in [6, 6.07) is 5.67. The number of fused-ring (bicyclic) bond motifs is 1. The van der Waals surface area contributed by atoms with Crippen molar-refractivity contribution in [2.24, 2.45) is 0 Å². The van der Waals surface area contributed by atoms with Gasteiger partial charge in [-0.05, 0) is 18.2 Å². The van der Waals surface area contributed by atoms with Crippen LogP contribution in [0.25, 0.3) is 10.8 Å². The van der Waals surface area contributed by atoms with E-state index in [-0.39, 0.29) is 16.5 Å². The number of halogens is 2. The summed E-state index contributed by atoms with van der Waals surface area (Å²) in [6.45, 7) is 0. The molecule has 0 aliphatic carbocycles. The Morgan fingerprint density at radius 3 is 2.38 bits per heavy atom. The van der Waals surface area contributed by atoms with Crippen LogP contribution in [0.3, 0.4) is 0 Å². The zero-order chi connectivity index (χ0) is 11.9. The van der Waals surface area contributed by atoms with E-state index in [0.29, 0.717) is 5.69 Å². The summed E-state index contributed by atoms with van der Waals surface area (Å²) in [5, 5.41) is 0.459. The minimum absolute atomic E-state index is 0.211. The van der Waals surface area contributed by atoms with Gasteiger partial charge < -0.3 is 10.6 Å². The van der Waals surface area contributed by atoms with Crippen molar-refractivity contribution in [3.63, 3.8) is 0 Å². The van der Waals surface area contributed by atoms with Crippen molar-refractivity contribution in [2.75, 3.05) is 24.7 Å². The van der Waals surface area contributed by atoms with E-state index in [9.17, 15) is 8.78 Å². The molecule has 0 aliphatic rings. The third-order valence-electron chi connectivity index (χ3n) is 2.51. The Labute approximate surface area is 92.3 Å². The highest BCUT2D eigenvalue weighted by atomic mass is 19.1. The molecule has 2 N–H and O–H groups in total. The van der Waals surface area contributed by atoms with Crippen molar-refractivity contribution in [3.05, 3.63) is 35.9 Å². The molecule has 84 valence electrons. The van der Waals surface area contributed by atoms with E-state index < -0.39 is 11.6 Å². The Morgan fingerprint density at radius 2 is 1.75 bits per heavy atom. The maximum atomic E-state index is 14.0. The third-order valence-corrected chi connectivity index (χ3v) is 2.51. The van der Waals surface area contributed by atoms with Gasteiger partial charge >= 0.3 is 0 Å². The molecule has 0 amide bonds. The van der Waals surface area contributed by atoms with Gasteiger partial charge in [0, 0.05) is 36.6 Å². The summed E-state index contributed by atoms with van der Waals surface area (Å²) in [7, 11) is 3.34. The van der Waals surface area contributed by atoms with Crippen LogP contribution in [0, 0.1) is 11.6 Å². The third kappa shape index (κ3) is 1.56. The molecule has 0 saturated heterocycles. The van der Waals surface area contributed by atoms with Crippen LogP contribution in [0.4, 0.5) is 20.2 Å². The first kappa shape index (κ1) is 10.7. The molecule has 0 spiro atoms. The summed E-state index contributed by atoms with van der Waals surface area (Å²) in [5.41, 5.74) is 6.19. The number of hydrogen-bond donors (Lipinski definition) is 1. The molecule has 0 aromatic heterocycles. The van der Waals surface area contributed by atoms with Crippen LogP contribution in [-0.4, -0.2) is 14.1 Å². The van der Waals surface area contributed by atoms with E-state index in [1.54, 1.807) is 20.2 Å². The van der Waals surface area contributed by atoms with E-state index >= 15 is 0 Å². The first-order valence-corrected chi connectivity index (χ1v) is 4.85. The smallest absolute Gasteiger partial charge is 0.154 e. The second-order valence-corrected chi connectivity index (χ2v) is 3.89. The maximum absolute atomic E-state index is 14.0. The largest absolute Gasteiger partial charge is 0.399 e. The molecular weight excluding hydrogens is 210 g/mol. The Kier molecular flexibility index (Phi) is 2.42. The lowest BCUT2D eigenvalue weighted by Crippen LogP contribution is -2.11.